The largest absolute Gasteiger partial charge is 0.343 e. The molecule has 0 aliphatic heterocycles. The van der Waals surface area contributed by atoms with Crippen molar-refractivity contribution in [2.75, 3.05) is 7.05 Å². The highest BCUT2D eigenvalue weighted by atomic mass is 16.2. The fourth-order valence-corrected chi connectivity index (χ4v) is 3.34. The smallest absolute Gasteiger partial charge is 0.225 e. The highest BCUT2D eigenvalue weighted by molar-refractivity contribution is 5.79. The van der Waals surface area contributed by atoms with Crippen LogP contribution in [0.5, 0.6) is 0 Å². The minimum Gasteiger partial charge on any atom is -0.343 e. The standard InChI is InChI=1S/C14H26N2O/c1-10-3-7-13(8-4-10)16(2)14(17)11-5-6-12(15)9-11/h10-13H,3-9,15H2,1-2H3. The van der Waals surface area contributed by atoms with E-state index >= 15 is 0 Å². The second-order valence-corrected chi connectivity index (χ2v) is 6.13. The average molecular weight is 238 g/mol. The van der Waals surface area contributed by atoms with Crippen molar-refractivity contribution in [3.63, 3.8) is 0 Å². The molecule has 2 unspecified atom stereocenters. The Morgan fingerprint density at radius 1 is 1.12 bits per heavy atom. The first-order valence-corrected chi connectivity index (χ1v) is 7.10. The van der Waals surface area contributed by atoms with Crippen LogP contribution < -0.4 is 5.73 Å². The molecule has 0 aromatic rings. The van der Waals surface area contributed by atoms with Crippen LogP contribution in [-0.2, 0) is 4.79 Å². The number of carbonyl (C=O) groups is 1. The molecule has 2 aliphatic carbocycles. The van der Waals surface area contributed by atoms with Gasteiger partial charge in [0.15, 0.2) is 0 Å². The van der Waals surface area contributed by atoms with E-state index < -0.39 is 0 Å². The number of amides is 1. The summed E-state index contributed by atoms with van der Waals surface area (Å²) in [6.07, 6.45) is 7.81. The van der Waals surface area contributed by atoms with E-state index in [1.54, 1.807) is 0 Å². The molecule has 2 fully saturated rings. The van der Waals surface area contributed by atoms with Gasteiger partial charge in [0, 0.05) is 25.0 Å². The van der Waals surface area contributed by atoms with Gasteiger partial charge in [0.25, 0.3) is 0 Å². The van der Waals surface area contributed by atoms with Gasteiger partial charge in [-0.1, -0.05) is 6.92 Å². The third-order valence-corrected chi connectivity index (χ3v) is 4.70. The van der Waals surface area contributed by atoms with Crippen LogP contribution in [0.1, 0.15) is 51.9 Å². The Kier molecular flexibility index (Phi) is 4.08. The molecule has 2 rings (SSSR count). The Morgan fingerprint density at radius 3 is 2.29 bits per heavy atom. The van der Waals surface area contributed by atoms with Gasteiger partial charge >= 0.3 is 0 Å². The molecule has 3 heteroatoms. The van der Waals surface area contributed by atoms with Gasteiger partial charge < -0.3 is 10.6 Å². The van der Waals surface area contributed by atoms with Crippen molar-refractivity contribution in [2.45, 2.75) is 64.0 Å². The number of rotatable bonds is 2. The molecule has 1 amide bonds. The average Bonchev–Trinajstić information content (AvgIpc) is 2.75. The lowest BCUT2D eigenvalue weighted by Gasteiger charge is -2.35. The van der Waals surface area contributed by atoms with Crippen LogP contribution in [0.2, 0.25) is 0 Å². The third kappa shape index (κ3) is 3.01. The van der Waals surface area contributed by atoms with Gasteiger partial charge in [-0.15, -0.1) is 0 Å². The highest BCUT2D eigenvalue weighted by Crippen LogP contribution is 2.30. The molecular formula is C14H26N2O. The minimum absolute atomic E-state index is 0.203. The van der Waals surface area contributed by atoms with E-state index in [0.717, 1.165) is 25.2 Å². The fourth-order valence-electron chi connectivity index (χ4n) is 3.34. The summed E-state index contributed by atoms with van der Waals surface area (Å²) in [6.45, 7) is 2.31. The zero-order valence-electron chi connectivity index (χ0n) is 11.2. The molecule has 0 spiro atoms. The van der Waals surface area contributed by atoms with Crippen LogP contribution >= 0.6 is 0 Å². The zero-order chi connectivity index (χ0) is 12.4. The van der Waals surface area contributed by atoms with Crippen molar-refractivity contribution < 1.29 is 4.79 Å². The first-order valence-electron chi connectivity index (χ1n) is 7.10. The molecule has 0 aromatic carbocycles. The van der Waals surface area contributed by atoms with Gasteiger partial charge in [-0.3, -0.25) is 4.79 Å². The Morgan fingerprint density at radius 2 is 1.76 bits per heavy atom. The number of hydrogen-bond donors (Lipinski definition) is 1. The molecule has 2 saturated carbocycles. The van der Waals surface area contributed by atoms with Crippen molar-refractivity contribution in [3.8, 4) is 0 Å². The Balaban J connectivity index is 1.86. The Bertz CT molecular complexity index is 271. The second kappa shape index (κ2) is 5.38. The van der Waals surface area contributed by atoms with Gasteiger partial charge in [-0.2, -0.15) is 0 Å². The summed E-state index contributed by atoms with van der Waals surface area (Å²) in [5.41, 5.74) is 5.89. The first-order chi connectivity index (χ1) is 8.08. The molecule has 3 nitrogen and oxygen atoms in total. The molecule has 2 atom stereocenters. The molecule has 2 N–H and O–H groups in total. The fraction of sp³-hybridized carbons (Fsp3) is 0.929. The van der Waals surface area contributed by atoms with Crippen LogP contribution in [0.15, 0.2) is 0 Å². The summed E-state index contributed by atoms with van der Waals surface area (Å²) < 4.78 is 0. The lowest BCUT2D eigenvalue weighted by molar-refractivity contribution is -0.136. The van der Waals surface area contributed by atoms with Gasteiger partial charge in [-0.05, 0) is 50.9 Å². The molecule has 98 valence electrons. The van der Waals surface area contributed by atoms with Gasteiger partial charge in [-0.25, -0.2) is 0 Å². The van der Waals surface area contributed by atoms with E-state index in [2.05, 4.69) is 6.92 Å². The topological polar surface area (TPSA) is 46.3 Å². The molecular weight excluding hydrogens is 212 g/mol. The van der Waals surface area contributed by atoms with Crippen molar-refractivity contribution >= 4 is 5.91 Å². The number of nitrogens with zero attached hydrogens (tertiary/aromatic N) is 1. The SMILES string of the molecule is CC1CCC(N(C)C(=O)C2CCC(N)C2)CC1. The predicted octanol–water partition coefficient (Wildman–Crippen LogP) is 2.15. The summed E-state index contributed by atoms with van der Waals surface area (Å²) >= 11 is 0. The summed E-state index contributed by atoms with van der Waals surface area (Å²) in [5, 5.41) is 0. The third-order valence-electron chi connectivity index (χ3n) is 4.70. The van der Waals surface area contributed by atoms with Gasteiger partial charge in [0.1, 0.15) is 0 Å². The van der Waals surface area contributed by atoms with Crippen molar-refractivity contribution in [1.29, 1.82) is 0 Å². The van der Waals surface area contributed by atoms with Gasteiger partial charge in [0.05, 0.1) is 0 Å². The van der Waals surface area contributed by atoms with Crippen LogP contribution in [0, 0.1) is 11.8 Å². The quantitative estimate of drug-likeness (QED) is 0.801. The summed E-state index contributed by atoms with van der Waals surface area (Å²) in [5.74, 6) is 1.39. The molecule has 0 bridgehead atoms. The molecule has 2 aliphatic rings. The lowest BCUT2D eigenvalue weighted by atomic mass is 9.86. The zero-order valence-corrected chi connectivity index (χ0v) is 11.2. The van der Waals surface area contributed by atoms with E-state index in [4.69, 9.17) is 5.73 Å². The van der Waals surface area contributed by atoms with Gasteiger partial charge in [0.2, 0.25) is 5.91 Å². The number of carbonyl (C=O) groups excluding carboxylic acids is 1. The normalized spacial score (nSPS) is 38.1. The van der Waals surface area contributed by atoms with Crippen molar-refractivity contribution in [1.82, 2.24) is 4.90 Å². The van der Waals surface area contributed by atoms with Crippen LogP contribution in [0.4, 0.5) is 0 Å². The first kappa shape index (κ1) is 12.9. The maximum absolute atomic E-state index is 12.3. The molecule has 0 aromatic heterocycles. The second-order valence-electron chi connectivity index (χ2n) is 6.13. The predicted molar refractivity (Wildman–Crippen MR) is 69.5 cm³/mol. The summed E-state index contributed by atoms with van der Waals surface area (Å²) in [4.78, 5) is 14.4. The monoisotopic (exact) mass is 238 g/mol. The Hall–Kier alpha value is -0.570. The molecule has 0 radical (unpaired) electrons. The maximum atomic E-state index is 12.3. The van der Waals surface area contributed by atoms with Crippen LogP contribution in [-0.4, -0.2) is 29.9 Å². The molecule has 0 saturated heterocycles. The van der Waals surface area contributed by atoms with Crippen molar-refractivity contribution in [2.24, 2.45) is 17.6 Å². The van der Waals surface area contributed by atoms with Crippen LogP contribution in [0.3, 0.4) is 0 Å². The summed E-state index contributed by atoms with van der Waals surface area (Å²) in [7, 11) is 1.99. The maximum Gasteiger partial charge on any atom is 0.225 e. The lowest BCUT2D eigenvalue weighted by Crippen LogP contribution is -2.42. The highest BCUT2D eigenvalue weighted by Gasteiger charge is 2.33. The minimum atomic E-state index is 0.203. The van der Waals surface area contributed by atoms with E-state index in [1.165, 1.54) is 25.7 Å². The molecule has 0 heterocycles. The van der Waals surface area contributed by atoms with E-state index in [9.17, 15) is 4.79 Å². The Labute approximate surface area is 105 Å². The number of nitrogens with two attached hydrogens (primary N) is 1. The van der Waals surface area contributed by atoms with E-state index in [-0.39, 0.29) is 12.0 Å². The van der Waals surface area contributed by atoms with E-state index in [1.807, 2.05) is 11.9 Å². The van der Waals surface area contributed by atoms with Crippen LogP contribution in [0.25, 0.3) is 0 Å². The number of hydrogen-bond acceptors (Lipinski definition) is 2. The summed E-state index contributed by atoms with van der Waals surface area (Å²) in [6, 6.07) is 0.735. The molecule has 17 heavy (non-hydrogen) atoms. The van der Waals surface area contributed by atoms with E-state index in [0.29, 0.717) is 11.9 Å². The van der Waals surface area contributed by atoms with Crippen molar-refractivity contribution in [3.05, 3.63) is 0 Å².